The fourth-order valence-corrected chi connectivity index (χ4v) is 1.70. The van der Waals surface area contributed by atoms with Crippen molar-refractivity contribution in [1.29, 1.82) is 0 Å². The van der Waals surface area contributed by atoms with E-state index in [-0.39, 0.29) is 5.56 Å². The molecule has 0 fully saturated rings. The smallest absolute Gasteiger partial charge is 0.339 e. The summed E-state index contributed by atoms with van der Waals surface area (Å²) in [6.07, 6.45) is 3.20. The summed E-state index contributed by atoms with van der Waals surface area (Å²) >= 11 is 0. The normalized spacial score (nSPS) is 10.8. The second-order valence-electron chi connectivity index (χ2n) is 4.48. The van der Waals surface area contributed by atoms with Crippen LogP contribution in [0.25, 0.3) is 0 Å². The van der Waals surface area contributed by atoms with Crippen LogP contribution in [0.3, 0.4) is 0 Å². The van der Waals surface area contributed by atoms with Crippen molar-refractivity contribution in [2.24, 2.45) is 0 Å². The first-order valence-corrected chi connectivity index (χ1v) is 6.76. The lowest BCUT2D eigenvalue weighted by molar-refractivity contribution is 0.0695. The van der Waals surface area contributed by atoms with Crippen LogP contribution in [-0.4, -0.2) is 30.8 Å². The van der Waals surface area contributed by atoms with Crippen molar-refractivity contribution in [3.8, 4) is 0 Å². The lowest BCUT2D eigenvalue weighted by Gasteiger charge is -2.04. The molecule has 0 saturated heterocycles. The second kappa shape index (κ2) is 8.72. The van der Waals surface area contributed by atoms with E-state index in [0.717, 1.165) is 39.0 Å². The van der Waals surface area contributed by atoms with Crippen LogP contribution in [0.2, 0.25) is 0 Å². The molecular formula is C14H23NO4. The van der Waals surface area contributed by atoms with Gasteiger partial charge in [0.2, 0.25) is 0 Å². The van der Waals surface area contributed by atoms with E-state index in [1.807, 2.05) is 0 Å². The van der Waals surface area contributed by atoms with Crippen molar-refractivity contribution in [2.75, 3.05) is 19.8 Å². The Hall–Kier alpha value is -1.33. The molecule has 0 amide bonds. The lowest BCUT2D eigenvalue weighted by atomic mass is 10.2. The molecule has 0 aliphatic carbocycles. The SMILES string of the molecule is CCCCOCCCNCc1cc(C(=O)O)c(C)o1. The minimum atomic E-state index is -0.947. The fourth-order valence-electron chi connectivity index (χ4n) is 1.70. The van der Waals surface area contributed by atoms with Crippen molar-refractivity contribution in [2.45, 2.75) is 39.7 Å². The predicted octanol–water partition coefficient (Wildman–Crippen LogP) is 2.58. The molecule has 1 aromatic rings. The number of carboxylic acids is 1. The average molecular weight is 269 g/mol. The van der Waals surface area contributed by atoms with E-state index in [0.29, 0.717) is 18.1 Å². The largest absolute Gasteiger partial charge is 0.478 e. The zero-order chi connectivity index (χ0) is 14.1. The molecule has 0 bridgehead atoms. The summed E-state index contributed by atoms with van der Waals surface area (Å²) in [5.41, 5.74) is 0.236. The van der Waals surface area contributed by atoms with Gasteiger partial charge in [-0.1, -0.05) is 13.3 Å². The highest BCUT2D eigenvalue weighted by molar-refractivity contribution is 5.88. The van der Waals surface area contributed by atoms with Gasteiger partial charge >= 0.3 is 5.97 Å². The average Bonchev–Trinajstić information content (AvgIpc) is 2.74. The summed E-state index contributed by atoms with van der Waals surface area (Å²) in [7, 11) is 0. The standard InChI is InChI=1S/C14H23NO4/c1-3-4-7-18-8-5-6-15-10-12-9-13(14(16)17)11(2)19-12/h9,15H,3-8,10H2,1-2H3,(H,16,17). The van der Waals surface area contributed by atoms with Gasteiger partial charge in [0, 0.05) is 13.2 Å². The van der Waals surface area contributed by atoms with E-state index in [4.69, 9.17) is 14.3 Å². The molecule has 0 unspecified atom stereocenters. The fraction of sp³-hybridized carbons (Fsp3) is 0.643. The monoisotopic (exact) mass is 269 g/mol. The van der Waals surface area contributed by atoms with Crippen molar-refractivity contribution in [1.82, 2.24) is 5.32 Å². The Morgan fingerprint density at radius 3 is 2.79 bits per heavy atom. The number of rotatable bonds is 10. The Kier molecular flexibility index (Phi) is 7.22. The zero-order valence-electron chi connectivity index (χ0n) is 11.7. The molecular weight excluding hydrogens is 246 g/mol. The molecule has 0 spiro atoms. The molecule has 1 aromatic heterocycles. The van der Waals surface area contributed by atoms with Gasteiger partial charge in [0.1, 0.15) is 17.1 Å². The highest BCUT2D eigenvalue weighted by Gasteiger charge is 2.12. The van der Waals surface area contributed by atoms with Crippen LogP contribution in [0.5, 0.6) is 0 Å². The van der Waals surface area contributed by atoms with Gasteiger partial charge in [-0.15, -0.1) is 0 Å². The highest BCUT2D eigenvalue weighted by atomic mass is 16.5. The number of hydrogen-bond donors (Lipinski definition) is 2. The zero-order valence-corrected chi connectivity index (χ0v) is 11.7. The van der Waals surface area contributed by atoms with E-state index in [1.165, 1.54) is 0 Å². The number of aryl methyl sites for hydroxylation is 1. The van der Waals surface area contributed by atoms with E-state index >= 15 is 0 Å². The predicted molar refractivity (Wildman–Crippen MR) is 72.5 cm³/mol. The third-order valence-corrected chi connectivity index (χ3v) is 2.78. The summed E-state index contributed by atoms with van der Waals surface area (Å²) in [6, 6.07) is 1.57. The molecule has 0 radical (unpaired) electrons. The Labute approximate surface area is 113 Å². The third-order valence-electron chi connectivity index (χ3n) is 2.78. The van der Waals surface area contributed by atoms with Crippen molar-refractivity contribution < 1.29 is 19.1 Å². The van der Waals surface area contributed by atoms with Crippen molar-refractivity contribution in [3.63, 3.8) is 0 Å². The molecule has 2 N–H and O–H groups in total. The number of nitrogens with one attached hydrogen (secondary N) is 1. The minimum Gasteiger partial charge on any atom is -0.478 e. The Morgan fingerprint density at radius 1 is 1.42 bits per heavy atom. The van der Waals surface area contributed by atoms with E-state index in [1.54, 1.807) is 13.0 Å². The van der Waals surface area contributed by atoms with Gasteiger partial charge in [-0.25, -0.2) is 4.79 Å². The first kappa shape index (κ1) is 15.7. The van der Waals surface area contributed by atoms with Gasteiger partial charge in [0.05, 0.1) is 6.54 Å². The molecule has 5 heteroatoms. The van der Waals surface area contributed by atoms with Crippen LogP contribution in [0.15, 0.2) is 10.5 Å². The first-order valence-electron chi connectivity index (χ1n) is 6.76. The maximum absolute atomic E-state index is 10.8. The molecule has 0 atom stereocenters. The Morgan fingerprint density at radius 2 is 2.16 bits per heavy atom. The molecule has 0 aromatic carbocycles. The molecule has 0 aliphatic rings. The van der Waals surface area contributed by atoms with Gasteiger partial charge in [0.25, 0.3) is 0 Å². The van der Waals surface area contributed by atoms with E-state index in [2.05, 4.69) is 12.2 Å². The number of ether oxygens (including phenoxy) is 1. The van der Waals surface area contributed by atoms with Crippen LogP contribution in [0.1, 0.15) is 48.1 Å². The Balaban J connectivity index is 2.12. The molecule has 1 rings (SSSR count). The maximum Gasteiger partial charge on any atom is 0.339 e. The number of furan rings is 1. The van der Waals surface area contributed by atoms with Crippen LogP contribution < -0.4 is 5.32 Å². The lowest BCUT2D eigenvalue weighted by Crippen LogP contribution is -2.16. The summed E-state index contributed by atoms with van der Waals surface area (Å²) in [5.74, 6) is 0.158. The van der Waals surface area contributed by atoms with Gasteiger partial charge in [-0.05, 0) is 32.4 Å². The molecule has 0 saturated carbocycles. The van der Waals surface area contributed by atoms with E-state index < -0.39 is 5.97 Å². The van der Waals surface area contributed by atoms with Crippen LogP contribution in [0.4, 0.5) is 0 Å². The third kappa shape index (κ3) is 5.89. The van der Waals surface area contributed by atoms with Crippen LogP contribution in [0, 0.1) is 6.92 Å². The van der Waals surface area contributed by atoms with Crippen LogP contribution in [-0.2, 0) is 11.3 Å². The van der Waals surface area contributed by atoms with E-state index in [9.17, 15) is 4.79 Å². The summed E-state index contributed by atoms with van der Waals surface area (Å²) in [6.45, 7) is 6.76. The van der Waals surface area contributed by atoms with Gasteiger partial charge < -0.3 is 19.6 Å². The minimum absolute atomic E-state index is 0.236. The summed E-state index contributed by atoms with van der Waals surface area (Å²) in [5, 5.41) is 12.1. The number of hydrogen-bond acceptors (Lipinski definition) is 4. The molecule has 108 valence electrons. The number of carbonyl (C=O) groups is 1. The van der Waals surface area contributed by atoms with Crippen LogP contribution >= 0.6 is 0 Å². The second-order valence-corrected chi connectivity index (χ2v) is 4.48. The first-order chi connectivity index (χ1) is 9.15. The molecule has 0 aliphatic heterocycles. The number of aromatic carboxylic acids is 1. The topological polar surface area (TPSA) is 71.7 Å². The maximum atomic E-state index is 10.8. The number of carboxylic acid groups (broad SMARTS) is 1. The quantitative estimate of drug-likeness (QED) is 0.639. The summed E-state index contributed by atoms with van der Waals surface area (Å²) in [4.78, 5) is 10.8. The van der Waals surface area contributed by atoms with Crippen molar-refractivity contribution in [3.05, 3.63) is 23.2 Å². The molecule has 19 heavy (non-hydrogen) atoms. The Bertz CT molecular complexity index is 387. The van der Waals surface area contributed by atoms with Gasteiger partial charge in [-0.2, -0.15) is 0 Å². The summed E-state index contributed by atoms with van der Waals surface area (Å²) < 4.78 is 10.8. The highest BCUT2D eigenvalue weighted by Crippen LogP contribution is 2.14. The van der Waals surface area contributed by atoms with Gasteiger partial charge in [0.15, 0.2) is 0 Å². The molecule has 1 heterocycles. The van der Waals surface area contributed by atoms with Crippen molar-refractivity contribution >= 4 is 5.97 Å². The van der Waals surface area contributed by atoms with Gasteiger partial charge in [-0.3, -0.25) is 0 Å². The number of unbranched alkanes of at least 4 members (excludes halogenated alkanes) is 1. The molecule has 5 nitrogen and oxygen atoms in total.